The summed E-state index contributed by atoms with van der Waals surface area (Å²) in [6, 6.07) is 16.0. The van der Waals surface area contributed by atoms with E-state index in [0.29, 0.717) is 12.0 Å². The van der Waals surface area contributed by atoms with Crippen molar-refractivity contribution >= 4 is 38.7 Å². The molecule has 182 valence electrons. The fraction of sp³-hybridized carbons (Fsp3) is 0.219. The summed E-state index contributed by atoms with van der Waals surface area (Å²) in [5.41, 5.74) is 7.35. The Kier molecular flexibility index (Phi) is 5.83. The zero-order chi connectivity index (χ0) is 25.6. The van der Waals surface area contributed by atoms with Crippen LogP contribution in [0, 0.1) is 0 Å². The number of aliphatic hydroxyl groups is 1. The molecule has 0 atom stereocenters. The van der Waals surface area contributed by atoms with Gasteiger partial charge in [-0.25, -0.2) is 0 Å². The normalized spacial score (nSPS) is 14.7. The van der Waals surface area contributed by atoms with Gasteiger partial charge in [0.1, 0.15) is 5.76 Å². The maximum absolute atomic E-state index is 13.9. The van der Waals surface area contributed by atoms with Gasteiger partial charge in [0.15, 0.2) is 5.78 Å². The van der Waals surface area contributed by atoms with Gasteiger partial charge in [-0.1, -0.05) is 68.0 Å². The SMILES string of the molecule is C=CC(C)(C)c1[nH]c2ccccc2c1C1=C(O)C(CC=C(C)C)=C(c2c[nH]c3ccccc23)CC1=O. The molecule has 0 spiro atoms. The van der Waals surface area contributed by atoms with Crippen molar-refractivity contribution in [2.24, 2.45) is 0 Å². The maximum Gasteiger partial charge on any atom is 0.171 e. The molecule has 0 amide bonds. The second-order valence-electron chi connectivity index (χ2n) is 10.4. The van der Waals surface area contributed by atoms with Gasteiger partial charge in [-0.3, -0.25) is 4.79 Å². The van der Waals surface area contributed by atoms with Crippen molar-refractivity contribution in [3.8, 4) is 0 Å². The van der Waals surface area contributed by atoms with Crippen molar-refractivity contribution in [3.05, 3.63) is 107 Å². The molecule has 0 aliphatic heterocycles. The molecule has 0 fully saturated rings. The van der Waals surface area contributed by atoms with E-state index in [-0.39, 0.29) is 18.0 Å². The second-order valence-corrected chi connectivity index (χ2v) is 10.4. The Morgan fingerprint density at radius 2 is 1.72 bits per heavy atom. The molecule has 2 heterocycles. The van der Waals surface area contributed by atoms with E-state index in [1.807, 2.05) is 68.6 Å². The van der Waals surface area contributed by atoms with Crippen molar-refractivity contribution in [1.82, 2.24) is 9.97 Å². The number of carbonyl (C=O) groups excluding carboxylic acids is 1. The highest BCUT2D eigenvalue weighted by Crippen LogP contribution is 2.45. The number of aromatic nitrogens is 2. The molecule has 4 nitrogen and oxygen atoms in total. The standard InChI is InChI=1S/C32H32N2O2/c1-6-32(4,5)31-28(22-12-8-10-14-26(22)34-31)29-27(35)17-23(21(30(29)36)16-15-19(2)3)24-18-33-25-13-9-7-11-20(24)25/h6-15,18,33-34,36H,1,16-17H2,2-5H3. The summed E-state index contributed by atoms with van der Waals surface area (Å²) in [4.78, 5) is 20.8. The van der Waals surface area contributed by atoms with Crippen LogP contribution in [0.4, 0.5) is 0 Å². The predicted octanol–water partition coefficient (Wildman–Crippen LogP) is 8.16. The monoisotopic (exact) mass is 476 g/mol. The number of H-pyrrole nitrogens is 2. The smallest absolute Gasteiger partial charge is 0.171 e. The number of fused-ring (bicyclic) bond motifs is 2. The van der Waals surface area contributed by atoms with Crippen molar-refractivity contribution in [3.63, 3.8) is 0 Å². The fourth-order valence-electron chi connectivity index (χ4n) is 5.13. The van der Waals surface area contributed by atoms with Crippen LogP contribution in [-0.4, -0.2) is 20.9 Å². The van der Waals surface area contributed by atoms with Crippen LogP contribution in [0.1, 0.15) is 57.4 Å². The number of hydrogen-bond acceptors (Lipinski definition) is 2. The van der Waals surface area contributed by atoms with Gasteiger partial charge in [-0.05, 0) is 38.0 Å². The number of hydrogen-bond donors (Lipinski definition) is 3. The van der Waals surface area contributed by atoms with E-state index in [4.69, 9.17) is 0 Å². The number of Topliss-reactive ketones (excluding diaryl/α,β-unsaturated/α-hetero) is 1. The summed E-state index contributed by atoms with van der Waals surface area (Å²) >= 11 is 0. The van der Waals surface area contributed by atoms with Gasteiger partial charge in [0.05, 0.1) is 5.57 Å². The fourth-order valence-corrected chi connectivity index (χ4v) is 5.13. The van der Waals surface area contributed by atoms with Gasteiger partial charge in [-0.15, -0.1) is 6.58 Å². The minimum absolute atomic E-state index is 0.0647. The number of rotatable bonds is 6. The summed E-state index contributed by atoms with van der Waals surface area (Å²) in [6.07, 6.45) is 6.70. The van der Waals surface area contributed by atoms with Crippen LogP contribution in [0.15, 0.2) is 90.4 Å². The zero-order valence-corrected chi connectivity index (χ0v) is 21.3. The van der Waals surface area contributed by atoms with Crippen LogP contribution in [0.3, 0.4) is 0 Å². The molecular weight excluding hydrogens is 444 g/mol. The predicted molar refractivity (Wildman–Crippen MR) is 150 cm³/mol. The Bertz CT molecular complexity index is 1610. The van der Waals surface area contributed by atoms with Crippen molar-refractivity contribution in [2.75, 3.05) is 0 Å². The molecule has 4 aromatic rings. The zero-order valence-electron chi connectivity index (χ0n) is 21.3. The number of para-hydroxylation sites is 2. The van der Waals surface area contributed by atoms with Crippen LogP contribution in [-0.2, 0) is 10.2 Å². The molecule has 2 aromatic carbocycles. The van der Waals surface area contributed by atoms with Crippen LogP contribution >= 0.6 is 0 Å². The lowest BCUT2D eigenvalue weighted by Gasteiger charge is -2.26. The highest BCUT2D eigenvalue weighted by Gasteiger charge is 2.35. The molecule has 0 radical (unpaired) electrons. The lowest BCUT2D eigenvalue weighted by atomic mass is 9.78. The van der Waals surface area contributed by atoms with Gasteiger partial charge in [0, 0.05) is 62.2 Å². The molecule has 36 heavy (non-hydrogen) atoms. The largest absolute Gasteiger partial charge is 0.507 e. The van der Waals surface area contributed by atoms with Gasteiger partial charge >= 0.3 is 0 Å². The number of aliphatic hydroxyl groups excluding tert-OH is 1. The summed E-state index contributed by atoms with van der Waals surface area (Å²) in [7, 11) is 0. The third kappa shape index (κ3) is 3.83. The molecule has 0 saturated carbocycles. The third-order valence-corrected chi connectivity index (χ3v) is 7.24. The van der Waals surface area contributed by atoms with E-state index in [2.05, 4.69) is 42.5 Å². The highest BCUT2D eigenvalue weighted by atomic mass is 16.3. The third-order valence-electron chi connectivity index (χ3n) is 7.24. The molecule has 2 aromatic heterocycles. The quantitative estimate of drug-likeness (QED) is 0.246. The molecule has 5 rings (SSSR count). The Morgan fingerprint density at radius 1 is 1.06 bits per heavy atom. The Balaban J connectivity index is 1.83. The first-order valence-corrected chi connectivity index (χ1v) is 12.4. The van der Waals surface area contributed by atoms with Crippen molar-refractivity contribution in [2.45, 2.75) is 46.0 Å². The lowest BCUT2D eigenvalue weighted by Crippen LogP contribution is -2.20. The summed E-state index contributed by atoms with van der Waals surface area (Å²) in [6.45, 7) is 12.3. The van der Waals surface area contributed by atoms with Crippen LogP contribution in [0.2, 0.25) is 0 Å². The number of carbonyl (C=O) groups is 1. The van der Waals surface area contributed by atoms with Crippen LogP contribution < -0.4 is 0 Å². The minimum atomic E-state index is -0.428. The maximum atomic E-state index is 13.9. The number of benzene rings is 2. The Hall–Kier alpha value is -4.05. The first kappa shape index (κ1) is 23.7. The van der Waals surface area contributed by atoms with Crippen molar-refractivity contribution in [1.29, 1.82) is 0 Å². The molecule has 0 saturated heterocycles. The van der Waals surface area contributed by atoms with E-state index >= 15 is 0 Å². The van der Waals surface area contributed by atoms with E-state index in [0.717, 1.165) is 55.3 Å². The highest BCUT2D eigenvalue weighted by molar-refractivity contribution is 6.29. The Labute approximate surface area is 211 Å². The average Bonchev–Trinajstić information content (AvgIpc) is 3.46. The van der Waals surface area contributed by atoms with Crippen molar-refractivity contribution < 1.29 is 9.90 Å². The molecule has 0 unspecified atom stereocenters. The number of nitrogens with one attached hydrogen (secondary N) is 2. The van der Waals surface area contributed by atoms with Gasteiger partial charge < -0.3 is 15.1 Å². The lowest BCUT2D eigenvalue weighted by molar-refractivity contribution is -0.113. The summed E-state index contributed by atoms with van der Waals surface area (Å²) in [5.74, 6) is -0.0190. The van der Waals surface area contributed by atoms with Crippen LogP contribution in [0.5, 0.6) is 0 Å². The van der Waals surface area contributed by atoms with E-state index < -0.39 is 5.41 Å². The van der Waals surface area contributed by atoms with E-state index in [9.17, 15) is 9.90 Å². The average molecular weight is 477 g/mol. The van der Waals surface area contributed by atoms with Gasteiger partial charge in [-0.2, -0.15) is 0 Å². The Morgan fingerprint density at radius 3 is 2.42 bits per heavy atom. The number of allylic oxidation sites excluding steroid dienone is 6. The van der Waals surface area contributed by atoms with Crippen LogP contribution in [0.25, 0.3) is 33.0 Å². The molecule has 1 aliphatic rings. The number of ketones is 1. The molecular formula is C32H32N2O2. The topological polar surface area (TPSA) is 68.9 Å². The minimum Gasteiger partial charge on any atom is -0.507 e. The molecule has 3 N–H and O–H groups in total. The van der Waals surface area contributed by atoms with Gasteiger partial charge in [0.2, 0.25) is 0 Å². The first-order chi connectivity index (χ1) is 17.2. The molecule has 1 aliphatic carbocycles. The first-order valence-electron chi connectivity index (χ1n) is 12.4. The summed E-state index contributed by atoms with van der Waals surface area (Å²) in [5, 5.41) is 13.8. The molecule has 0 bridgehead atoms. The second kappa shape index (κ2) is 8.87. The van der Waals surface area contributed by atoms with E-state index in [1.54, 1.807) is 0 Å². The number of aromatic amines is 2. The van der Waals surface area contributed by atoms with Gasteiger partial charge in [0.25, 0.3) is 0 Å². The summed E-state index contributed by atoms with van der Waals surface area (Å²) < 4.78 is 0. The van der Waals surface area contributed by atoms with E-state index in [1.165, 1.54) is 0 Å². The molecule has 4 heteroatoms.